The van der Waals surface area contributed by atoms with Crippen LogP contribution in [-0.4, -0.2) is 45.1 Å². The maximum Gasteiger partial charge on any atom is 0.283 e. The number of ether oxygens (including phenoxy) is 1. The molecule has 5 rings (SSSR count). The van der Waals surface area contributed by atoms with Crippen molar-refractivity contribution in [3.8, 4) is 5.75 Å². The lowest BCUT2D eigenvalue weighted by atomic mass is 10.1. The normalized spacial score (nSPS) is 19.3. The highest BCUT2D eigenvalue weighted by Crippen LogP contribution is 2.31. The number of hydrazone groups is 1. The van der Waals surface area contributed by atoms with Gasteiger partial charge in [-0.2, -0.15) is 10.0 Å². The number of carbonyl (C=O) groups is 1. The average Bonchev–Trinajstić information content (AvgIpc) is 3.47. The van der Waals surface area contributed by atoms with Gasteiger partial charge in [0, 0.05) is 18.7 Å². The van der Waals surface area contributed by atoms with E-state index in [0.29, 0.717) is 16.5 Å². The Balaban J connectivity index is 1.30. The van der Waals surface area contributed by atoms with Gasteiger partial charge in [0.25, 0.3) is 5.91 Å². The molecular formula is C23H20FN5O2S. The number of amides is 1. The maximum absolute atomic E-state index is 13.7. The molecule has 1 N–H and O–H groups in total. The van der Waals surface area contributed by atoms with E-state index < -0.39 is 5.91 Å². The van der Waals surface area contributed by atoms with Crippen LogP contribution in [0.3, 0.4) is 0 Å². The van der Waals surface area contributed by atoms with Crippen LogP contribution < -0.4 is 4.74 Å². The van der Waals surface area contributed by atoms with Gasteiger partial charge in [0.05, 0.1) is 5.57 Å². The largest absolute Gasteiger partial charge is 0.489 e. The summed E-state index contributed by atoms with van der Waals surface area (Å²) in [6.45, 7) is 1.99. The molecule has 0 spiro atoms. The van der Waals surface area contributed by atoms with Gasteiger partial charge < -0.3 is 9.64 Å². The topological polar surface area (TPSA) is 81.3 Å². The van der Waals surface area contributed by atoms with Gasteiger partial charge in [-0.3, -0.25) is 10.2 Å². The number of likely N-dealkylation sites (tertiary alicyclic amines) is 1. The summed E-state index contributed by atoms with van der Waals surface area (Å²) in [5.74, 6) is -0.164. The van der Waals surface area contributed by atoms with Crippen molar-refractivity contribution in [2.24, 2.45) is 10.1 Å². The molecule has 7 nitrogen and oxygen atoms in total. The first-order valence-electron chi connectivity index (χ1n) is 10.3. The molecule has 0 radical (unpaired) electrons. The number of thioether (sulfide) groups is 1. The Hall–Kier alpha value is -3.46. The van der Waals surface area contributed by atoms with Gasteiger partial charge in [-0.05, 0) is 54.4 Å². The lowest BCUT2D eigenvalue weighted by Gasteiger charge is -2.20. The van der Waals surface area contributed by atoms with Crippen LogP contribution in [0.5, 0.6) is 5.75 Å². The van der Waals surface area contributed by atoms with Crippen LogP contribution >= 0.6 is 11.8 Å². The zero-order valence-electron chi connectivity index (χ0n) is 17.1. The second kappa shape index (κ2) is 8.58. The van der Waals surface area contributed by atoms with E-state index in [1.807, 2.05) is 0 Å². The standard InChI is InChI=1S/C23H20FN5O2S/c24-19-6-2-1-5-16(19)14-31-17-9-7-15(8-10-17)13-18-20(25)29-22(26-21(18)30)32-23(27-29)28-11-3-4-12-28/h1-2,5-10,13,25H,3-4,11-12,14H2/b18-13-,25-20?. The zero-order chi connectivity index (χ0) is 22.1. The number of carbonyl (C=O) groups excluding carboxylic acids is 1. The molecule has 0 unspecified atom stereocenters. The van der Waals surface area contributed by atoms with Gasteiger partial charge in [0.15, 0.2) is 11.0 Å². The molecule has 162 valence electrons. The molecule has 3 aliphatic rings. The second-order valence-corrected chi connectivity index (χ2v) is 8.48. The monoisotopic (exact) mass is 449 g/mol. The minimum Gasteiger partial charge on any atom is -0.489 e. The van der Waals surface area contributed by atoms with E-state index in [2.05, 4.69) is 15.0 Å². The second-order valence-electron chi connectivity index (χ2n) is 7.55. The number of hydrogen-bond acceptors (Lipinski definition) is 6. The van der Waals surface area contributed by atoms with Crippen LogP contribution in [0.15, 0.2) is 64.2 Å². The number of aliphatic imine (C=N–C) groups is 1. The van der Waals surface area contributed by atoms with E-state index >= 15 is 0 Å². The smallest absolute Gasteiger partial charge is 0.283 e. The number of fused-ring (bicyclic) bond motifs is 1. The van der Waals surface area contributed by atoms with Crippen LogP contribution in [0.1, 0.15) is 24.0 Å². The van der Waals surface area contributed by atoms with Crippen molar-refractivity contribution in [3.63, 3.8) is 0 Å². The maximum atomic E-state index is 13.7. The zero-order valence-corrected chi connectivity index (χ0v) is 17.9. The molecule has 0 aliphatic carbocycles. The molecule has 2 aromatic carbocycles. The number of rotatable bonds is 4. The van der Waals surface area contributed by atoms with Crippen LogP contribution in [0.4, 0.5) is 4.39 Å². The number of amidine groups is 3. The van der Waals surface area contributed by atoms with E-state index in [-0.39, 0.29) is 23.8 Å². The first-order chi connectivity index (χ1) is 15.6. The molecule has 0 aromatic heterocycles. The number of halogens is 1. The third-order valence-corrected chi connectivity index (χ3v) is 6.33. The van der Waals surface area contributed by atoms with Gasteiger partial charge in [0.2, 0.25) is 5.17 Å². The molecule has 2 aromatic rings. The summed E-state index contributed by atoms with van der Waals surface area (Å²) in [4.78, 5) is 18.9. The summed E-state index contributed by atoms with van der Waals surface area (Å²) in [5, 5.41) is 15.7. The van der Waals surface area contributed by atoms with Crippen molar-refractivity contribution in [1.82, 2.24) is 9.91 Å². The van der Waals surface area contributed by atoms with Crippen molar-refractivity contribution in [1.29, 1.82) is 5.41 Å². The molecule has 1 fully saturated rings. The van der Waals surface area contributed by atoms with Gasteiger partial charge in [-0.1, -0.05) is 30.3 Å². The van der Waals surface area contributed by atoms with Crippen molar-refractivity contribution >= 4 is 39.9 Å². The molecule has 0 saturated carbocycles. The Morgan fingerprint density at radius 1 is 1.09 bits per heavy atom. The Kier molecular flexibility index (Phi) is 5.48. The predicted octanol–water partition coefficient (Wildman–Crippen LogP) is 4.08. The molecule has 9 heteroatoms. The summed E-state index contributed by atoms with van der Waals surface area (Å²) in [7, 11) is 0. The fourth-order valence-corrected chi connectivity index (χ4v) is 4.57. The first-order valence-corrected chi connectivity index (χ1v) is 11.1. The third kappa shape index (κ3) is 4.03. The highest BCUT2D eigenvalue weighted by molar-refractivity contribution is 8.26. The van der Waals surface area contributed by atoms with E-state index in [1.54, 1.807) is 48.5 Å². The van der Waals surface area contributed by atoms with E-state index in [0.717, 1.165) is 36.7 Å². The minimum absolute atomic E-state index is 0.0153. The molecule has 0 atom stereocenters. The van der Waals surface area contributed by atoms with Gasteiger partial charge in [-0.15, -0.1) is 5.10 Å². The number of nitrogens with zero attached hydrogens (tertiary/aromatic N) is 4. The summed E-state index contributed by atoms with van der Waals surface area (Å²) < 4.78 is 19.4. The summed E-state index contributed by atoms with van der Waals surface area (Å²) in [6.07, 6.45) is 3.86. The molecule has 0 bridgehead atoms. The Bertz CT molecular complexity index is 1170. The summed E-state index contributed by atoms with van der Waals surface area (Å²) in [5.41, 5.74) is 1.39. The predicted molar refractivity (Wildman–Crippen MR) is 123 cm³/mol. The van der Waals surface area contributed by atoms with Crippen molar-refractivity contribution in [2.75, 3.05) is 13.1 Å². The Morgan fingerprint density at radius 2 is 1.84 bits per heavy atom. The lowest BCUT2D eigenvalue weighted by molar-refractivity contribution is -0.114. The highest BCUT2D eigenvalue weighted by atomic mass is 32.2. The quantitative estimate of drug-likeness (QED) is 0.712. The fourth-order valence-electron chi connectivity index (χ4n) is 3.62. The minimum atomic E-state index is -0.452. The molecular weight excluding hydrogens is 429 g/mol. The molecule has 3 aliphatic heterocycles. The number of benzene rings is 2. The number of hydrogen-bond donors (Lipinski definition) is 1. The van der Waals surface area contributed by atoms with Gasteiger partial charge in [0.1, 0.15) is 18.2 Å². The number of nitrogens with one attached hydrogen (secondary N) is 1. The Morgan fingerprint density at radius 3 is 2.59 bits per heavy atom. The van der Waals surface area contributed by atoms with Crippen LogP contribution in [-0.2, 0) is 11.4 Å². The summed E-state index contributed by atoms with van der Waals surface area (Å²) >= 11 is 1.33. The highest BCUT2D eigenvalue weighted by Gasteiger charge is 2.37. The lowest BCUT2D eigenvalue weighted by Crippen LogP contribution is -2.35. The fraction of sp³-hybridized carbons (Fsp3) is 0.217. The third-order valence-electron chi connectivity index (χ3n) is 5.36. The molecule has 32 heavy (non-hydrogen) atoms. The first kappa shape index (κ1) is 20.4. The van der Waals surface area contributed by atoms with E-state index in [1.165, 1.54) is 22.8 Å². The average molecular weight is 450 g/mol. The van der Waals surface area contributed by atoms with Crippen LogP contribution in [0.2, 0.25) is 0 Å². The molecule has 1 saturated heterocycles. The molecule has 1 amide bonds. The summed E-state index contributed by atoms with van der Waals surface area (Å²) in [6, 6.07) is 13.5. The SMILES string of the molecule is N=C1/C(=C/c2ccc(OCc3ccccc3F)cc2)C(=O)N=C2SC(N3CCCC3)=NN12. The van der Waals surface area contributed by atoms with Crippen molar-refractivity contribution < 1.29 is 13.9 Å². The van der Waals surface area contributed by atoms with Crippen molar-refractivity contribution in [3.05, 3.63) is 71.0 Å². The van der Waals surface area contributed by atoms with Gasteiger partial charge >= 0.3 is 0 Å². The van der Waals surface area contributed by atoms with E-state index in [4.69, 9.17) is 10.1 Å². The van der Waals surface area contributed by atoms with Gasteiger partial charge in [-0.25, -0.2) is 4.39 Å². The Labute approximate surface area is 188 Å². The van der Waals surface area contributed by atoms with E-state index in [9.17, 15) is 9.18 Å². The molecule has 3 heterocycles. The van der Waals surface area contributed by atoms with Crippen molar-refractivity contribution in [2.45, 2.75) is 19.4 Å². The van der Waals surface area contributed by atoms with Crippen LogP contribution in [0.25, 0.3) is 6.08 Å². The van der Waals surface area contributed by atoms with Crippen LogP contribution in [0, 0.1) is 11.2 Å².